The van der Waals surface area contributed by atoms with E-state index in [2.05, 4.69) is 37.9 Å². The number of carbonyl (C=O) groups is 1. The number of rotatable bonds is 3. The van der Waals surface area contributed by atoms with Gasteiger partial charge in [-0.3, -0.25) is 4.79 Å². The topological polar surface area (TPSA) is 32.3 Å². The summed E-state index contributed by atoms with van der Waals surface area (Å²) in [6, 6.07) is 0.474. The summed E-state index contributed by atoms with van der Waals surface area (Å²) in [4.78, 5) is 15.6. The summed E-state index contributed by atoms with van der Waals surface area (Å²) in [6.07, 6.45) is 7.90. The summed E-state index contributed by atoms with van der Waals surface area (Å²) < 4.78 is 0. The molecule has 3 aliphatic rings. The molecular formula is C18H32N2O. The molecule has 2 bridgehead atoms. The molecule has 21 heavy (non-hydrogen) atoms. The van der Waals surface area contributed by atoms with Crippen LogP contribution in [0.15, 0.2) is 0 Å². The van der Waals surface area contributed by atoms with E-state index in [9.17, 15) is 4.79 Å². The molecule has 1 saturated carbocycles. The van der Waals surface area contributed by atoms with Gasteiger partial charge in [0.25, 0.3) is 0 Å². The fourth-order valence-electron chi connectivity index (χ4n) is 5.71. The van der Waals surface area contributed by atoms with E-state index in [1.807, 2.05) is 0 Å². The zero-order chi connectivity index (χ0) is 15.3. The van der Waals surface area contributed by atoms with Gasteiger partial charge in [-0.1, -0.05) is 34.1 Å². The lowest BCUT2D eigenvalue weighted by atomic mass is 9.65. The second-order valence-corrected chi connectivity index (χ2v) is 9.01. The van der Waals surface area contributed by atoms with Gasteiger partial charge in [-0.25, -0.2) is 0 Å². The van der Waals surface area contributed by atoms with E-state index in [0.29, 0.717) is 22.8 Å². The number of fused-ring (bicyclic) bond motifs is 2. The van der Waals surface area contributed by atoms with Crippen molar-refractivity contribution >= 4 is 5.91 Å². The predicted molar refractivity (Wildman–Crippen MR) is 86.1 cm³/mol. The quantitative estimate of drug-likeness (QED) is 0.865. The van der Waals surface area contributed by atoms with Gasteiger partial charge in [-0.2, -0.15) is 0 Å². The zero-order valence-electron chi connectivity index (χ0n) is 14.3. The van der Waals surface area contributed by atoms with Crippen molar-refractivity contribution in [2.24, 2.45) is 10.8 Å². The Balaban J connectivity index is 1.82. The van der Waals surface area contributed by atoms with E-state index in [-0.39, 0.29) is 5.54 Å². The van der Waals surface area contributed by atoms with Gasteiger partial charge >= 0.3 is 0 Å². The molecule has 0 aromatic heterocycles. The van der Waals surface area contributed by atoms with Gasteiger partial charge in [-0.05, 0) is 55.9 Å². The summed E-state index contributed by atoms with van der Waals surface area (Å²) in [5.41, 5.74) is 0.481. The third-order valence-corrected chi connectivity index (χ3v) is 6.01. The molecule has 0 aromatic carbocycles. The van der Waals surface area contributed by atoms with Gasteiger partial charge in [0.2, 0.25) is 5.91 Å². The first-order chi connectivity index (χ1) is 9.79. The van der Waals surface area contributed by atoms with Crippen LogP contribution in [0.2, 0.25) is 0 Å². The van der Waals surface area contributed by atoms with Gasteiger partial charge in [0, 0.05) is 12.6 Å². The predicted octanol–water partition coefficient (Wildman–Crippen LogP) is 3.34. The molecule has 3 fully saturated rings. The molecule has 1 amide bonds. The molecule has 3 heteroatoms. The van der Waals surface area contributed by atoms with Crippen molar-refractivity contribution in [3.05, 3.63) is 0 Å². The molecule has 3 unspecified atom stereocenters. The van der Waals surface area contributed by atoms with Crippen molar-refractivity contribution in [3.63, 3.8) is 0 Å². The maximum atomic E-state index is 13.3. The van der Waals surface area contributed by atoms with Crippen molar-refractivity contribution in [3.8, 4) is 0 Å². The molecule has 3 rings (SSSR count). The molecule has 2 aliphatic heterocycles. The van der Waals surface area contributed by atoms with Gasteiger partial charge in [0.15, 0.2) is 0 Å². The first kappa shape index (κ1) is 15.3. The van der Waals surface area contributed by atoms with Crippen molar-refractivity contribution in [1.29, 1.82) is 0 Å². The Kier molecular flexibility index (Phi) is 3.63. The van der Waals surface area contributed by atoms with Crippen LogP contribution >= 0.6 is 0 Å². The Morgan fingerprint density at radius 3 is 2.67 bits per heavy atom. The van der Waals surface area contributed by atoms with Crippen molar-refractivity contribution in [2.45, 2.75) is 84.2 Å². The number of likely N-dealkylation sites (tertiary alicyclic amines) is 1. The summed E-state index contributed by atoms with van der Waals surface area (Å²) in [7, 11) is 0. The molecule has 1 N–H and O–H groups in total. The van der Waals surface area contributed by atoms with Crippen LogP contribution in [0, 0.1) is 10.8 Å². The monoisotopic (exact) mass is 292 g/mol. The molecule has 2 saturated heterocycles. The molecule has 0 aromatic rings. The maximum absolute atomic E-state index is 13.3. The Bertz CT molecular complexity index is 425. The molecule has 1 aliphatic carbocycles. The second-order valence-electron chi connectivity index (χ2n) is 9.01. The Morgan fingerprint density at radius 1 is 1.29 bits per heavy atom. The van der Waals surface area contributed by atoms with E-state index in [4.69, 9.17) is 0 Å². The van der Waals surface area contributed by atoms with Crippen molar-refractivity contribution in [1.82, 2.24) is 10.2 Å². The van der Waals surface area contributed by atoms with Crippen LogP contribution < -0.4 is 5.32 Å². The molecule has 3 atom stereocenters. The summed E-state index contributed by atoms with van der Waals surface area (Å²) in [6.45, 7) is 11.3. The first-order valence-electron chi connectivity index (χ1n) is 8.85. The second kappa shape index (κ2) is 4.97. The van der Waals surface area contributed by atoms with Crippen LogP contribution in [0.25, 0.3) is 0 Å². The maximum Gasteiger partial charge on any atom is 0.243 e. The highest BCUT2D eigenvalue weighted by atomic mass is 16.2. The molecule has 0 radical (unpaired) electrons. The van der Waals surface area contributed by atoms with Gasteiger partial charge in [0.1, 0.15) is 0 Å². The van der Waals surface area contributed by atoms with E-state index >= 15 is 0 Å². The van der Waals surface area contributed by atoms with Crippen molar-refractivity contribution in [2.75, 3.05) is 13.1 Å². The third kappa shape index (κ3) is 2.62. The summed E-state index contributed by atoms with van der Waals surface area (Å²) in [5, 5.41) is 3.57. The minimum absolute atomic E-state index is 0.243. The Hall–Kier alpha value is -0.570. The molecular weight excluding hydrogens is 260 g/mol. The number of nitrogens with zero attached hydrogens (tertiary/aromatic N) is 1. The van der Waals surface area contributed by atoms with E-state index in [0.717, 1.165) is 38.8 Å². The highest BCUT2D eigenvalue weighted by molar-refractivity contribution is 5.87. The standard InChI is InChI=1S/C18H32N2O/c1-5-7-18(8-6-9-19-18)15(21)20-13-17(4)11-14(20)10-16(2,3)12-17/h14,19H,5-13H2,1-4H3. The van der Waals surface area contributed by atoms with E-state index in [1.165, 1.54) is 19.3 Å². The average molecular weight is 292 g/mol. The fraction of sp³-hybridized carbons (Fsp3) is 0.944. The van der Waals surface area contributed by atoms with E-state index in [1.54, 1.807) is 0 Å². The lowest BCUT2D eigenvalue weighted by molar-refractivity contribution is -0.139. The highest BCUT2D eigenvalue weighted by Gasteiger charge is 2.54. The van der Waals surface area contributed by atoms with Crippen LogP contribution in [0.4, 0.5) is 0 Å². The zero-order valence-corrected chi connectivity index (χ0v) is 14.3. The number of hydrogen-bond acceptors (Lipinski definition) is 2. The number of hydrogen-bond donors (Lipinski definition) is 1. The smallest absolute Gasteiger partial charge is 0.243 e. The molecule has 3 nitrogen and oxygen atoms in total. The summed E-state index contributed by atoms with van der Waals surface area (Å²) >= 11 is 0. The Labute approximate surface area is 129 Å². The van der Waals surface area contributed by atoms with Gasteiger partial charge < -0.3 is 10.2 Å². The van der Waals surface area contributed by atoms with E-state index < -0.39 is 0 Å². The lowest BCUT2D eigenvalue weighted by Gasteiger charge is -2.40. The normalized spacial score (nSPS) is 41.5. The Morgan fingerprint density at radius 2 is 2.05 bits per heavy atom. The first-order valence-corrected chi connectivity index (χ1v) is 8.85. The van der Waals surface area contributed by atoms with Crippen LogP contribution in [0.3, 0.4) is 0 Å². The number of carbonyl (C=O) groups excluding carboxylic acids is 1. The average Bonchev–Trinajstić information content (AvgIpc) is 2.91. The van der Waals surface area contributed by atoms with Crippen LogP contribution in [-0.4, -0.2) is 35.5 Å². The lowest BCUT2D eigenvalue weighted by Crippen LogP contribution is -2.56. The summed E-state index contributed by atoms with van der Waals surface area (Å²) in [5.74, 6) is 0.410. The van der Waals surface area contributed by atoms with Crippen LogP contribution in [0.5, 0.6) is 0 Å². The number of amides is 1. The largest absolute Gasteiger partial charge is 0.338 e. The van der Waals surface area contributed by atoms with Crippen molar-refractivity contribution < 1.29 is 4.79 Å². The third-order valence-electron chi connectivity index (χ3n) is 6.01. The fourth-order valence-corrected chi connectivity index (χ4v) is 5.71. The SMILES string of the molecule is CCCC1(C(=O)N2CC3(C)CC2CC(C)(C)C3)CCCN1. The minimum Gasteiger partial charge on any atom is -0.338 e. The van der Waals surface area contributed by atoms with Crippen LogP contribution in [0.1, 0.15) is 72.6 Å². The minimum atomic E-state index is -0.243. The molecule has 120 valence electrons. The highest BCUT2D eigenvalue weighted by Crippen LogP contribution is 2.53. The van der Waals surface area contributed by atoms with Crippen LogP contribution in [-0.2, 0) is 4.79 Å². The molecule has 2 heterocycles. The number of nitrogens with one attached hydrogen (secondary N) is 1. The van der Waals surface area contributed by atoms with Gasteiger partial charge in [-0.15, -0.1) is 0 Å². The van der Waals surface area contributed by atoms with Gasteiger partial charge in [0.05, 0.1) is 5.54 Å². The molecule has 0 spiro atoms.